The highest BCUT2D eigenvalue weighted by Crippen LogP contribution is 2.44. The Kier molecular flexibility index (Phi) is 9.83. The second-order valence-corrected chi connectivity index (χ2v) is 11.0. The van der Waals surface area contributed by atoms with E-state index in [0.717, 1.165) is 22.4 Å². The van der Waals surface area contributed by atoms with Crippen molar-refractivity contribution in [3.63, 3.8) is 0 Å². The van der Waals surface area contributed by atoms with E-state index < -0.39 is 18.3 Å². The SMILES string of the molecule is Cl.[2H]C([2H])(C)c1noc(C2CN=CN(C(c3ccccc3)(c3ccccc3)c3ccc(OC)cc3)C2)n1.[2H]C([2H])(C)c1noc(C2CN=CNC2)n1. The molecule has 2 aromatic heterocycles. The van der Waals surface area contributed by atoms with E-state index in [1.54, 1.807) is 13.4 Å². The van der Waals surface area contributed by atoms with Crippen LogP contribution in [-0.4, -0.2) is 71.1 Å². The van der Waals surface area contributed by atoms with Crippen LogP contribution in [0.1, 0.15) is 71.3 Å². The van der Waals surface area contributed by atoms with Crippen LogP contribution in [0, 0.1) is 0 Å². The summed E-state index contributed by atoms with van der Waals surface area (Å²) in [6.45, 7) is 5.14. The summed E-state index contributed by atoms with van der Waals surface area (Å²) in [5.41, 5.74) is 2.54. The van der Waals surface area contributed by atoms with E-state index in [1.165, 1.54) is 13.8 Å². The van der Waals surface area contributed by atoms with Gasteiger partial charge in [-0.05, 0) is 28.8 Å². The molecule has 0 radical (unpaired) electrons. The number of rotatable bonds is 9. The molecule has 5 aromatic rings. The molecule has 0 saturated heterocycles. The second kappa shape index (κ2) is 16.2. The zero-order valence-corrected chi connectivity index (χ0v) is 27.8. The highest BCUT2D eigenvalue weighted by atomic mass is 35.5. The van der Waals surface area contributed by atoms with Gasteiger partial charge < -0.3 is 24.0 Å². The average molecular weight is 673 g/mol. The molecule has 250 valence electrons. The van der Waals surface area contributed by atoms with Crippen molar-refractivity contribution in [3.8, 4) is 5.75 Å². The molecule has 2 aliphatic rings. The summed E-state index contributed by atoms with van der Waals surface area (Å²) in [6, 6.07) is 28.9. The van der Waals surface area contributed by atoms with Gasteiger partial charge in [0, 0.05) is 31.3 Å². The van der Waals surface area contributed by atoms with Gasteiger partial charge in [-0.1, -0.05) is 97.0 Å². The molecule has 2 unspecified atom stereocenters. The fourth-order valence-corrected chi connectivity index (χ4v) is 5.86. The summed E-state index contributed by atoms with van der Waals surface area (Å²) in [4.78, 5) is 19.4. The Morgan fingerprint density at radius 1 is 0.792 bits per heavy atom. The summed E-state index contributed by atoms with van der Waals surface area (Å²) < 4.78 is 46.7. The predicted molar refractivity (Wildman–Crippen MR) is 187 cm³/mol. The van der Waals surface area contributed by atoms with Gasteiger partial charge in [-0.2, -0.15) is 9.97 Å². The van der Waals surface area contributed by atoms with Crippen LogP contribution in [0.25, 0.3) is 0 Å². The normalized spacial score (nSPS) is 18.9. The molecule has 12 heteroatoms. The fraction of sp³-hybridized carbons (Fsp3) is 0.333. The maximum atomic E-state index is 7.94. The van der Waals surface area contributed by atoms with E-state index in [0.29, 0.717) is 38.0 Å². The molecule has 2 aliphatic heterocycles. The number of methoxy groups -OCH3 is 1. The van der Waals surface area contributed by atoms with E-state index in [-0.39, 0.29) is 35.9 Å². The first-order valence-corrected chi connectivity index (χ1v) is 15.4. The number of hydrogen-bond donors (Lipinski definition) is 1. The molecular formula is C36H41ClN8O3. The van der Waals surface area contributed by atoms with Crippen molar-refractivity contribution in [2.24, 2.45) is 9.98 Å². The van der Waals surface area contributed by atoms with Crippen LogP contribution in [0.2, 0.25) is 0 Å². The third kappa shape index (κ3) is 7.26. The predicted octanol–water partition coefficient (Wildman–Crippen LogP) is 5.83. The molecule has 3 aromatic carbocycles. The van der Waals surface area contributed by atoms with Crippen LogP contribution in [0.4, 0.5) is 0 Å². The molecular weight excluding hydrogens is 628 g/mol. The number of aryl methyl sites for hydroxylation is 2. The minimum atomic E-state index is -1.68. The molecule has 0 fully saturated rings. The van der Waals surface area contributed by atoms with Gasteiger partial charge in [0.1, 0.15) is 11.3 Å². The lowest BCUT2D eigenvalue weighted by molar-refractivity contribution is 0.228. The smallest absolute Gasteiger partial charge is 0.233 e. The molecule has 1 N–H and O–H groups in total. The van der Waals surface area contributed by atoms with E-state index in [4.69, 9.17) is 24.3 Å². The van der Waals surface area contributed by atoms with E-state index >= 15 is 0 Å². The summed E-state index contributed by atoms with van der Waals surface area (Å²) in [6.07, 6.45) is 0.303. The Morgan fingerprint density at radius 2 is 1.33 bits per heavy atom. The second-order valence-electron chi connectivity index (χ2n) is 11.0. The van der Waals surface area contributed by atoms with Crippen molar-refractivity contribution in [3.05, 3.63) is 125 Å². The number of ether oxygens (including phenoxy) is 1. The zero-order chi connectivity index (χ0) is 36.1. The van der Waals surface area contributed by atoms with Gasteiger partial charge in [0.2, 0.25) is 11.8 Å². The summed E-state index contributed by atoms with van der Waals surface area (Å²) in [5, 5.41) is 10.5. The highest BCUT2D eigenvalue weighted by molar-refractivity contribution is 5.85. The zero-order valence-electron chi connectivity index (χ0n) is 31.0. The number of benzene rings is 3. The number of halogens is 1. The molecule has 0 spiro atoms. The highest BCUT2D eigenvalue weighted by Gasteiger charge is 2.43. The first-order valence-electron chi connectivity index (χ1n) is 17.4. The topological polar surface area (TPSA) is 127 Å². The van der Waals surface area contributed by atoms with E-state index in [2.05, 4.69) is 71.9 Å². The van der Waals surface area contributed by atoms with Crippen molar-refractivity contribution in [2.45, 2.75) is 44.0 Å². The number of aromatic nitrogens is 4. The number of nitrogens with zero attached hydrogens (tertiary/aromatic N) is 7. The summed E-state index contributed by atoms with van der Waals surface area (Å²) in [7, 11) is 1.66. The summed E-state index contributed by atoms with van der Waals surface area (Å²) >= 11 is 0. The van der Waals surface area contributed by atoms with Gasteiger partial charge in [-0.15, -0.1) is 12.4 Å². The van der Waals surface area contributed by atoms with Crippen molar-refractivity contribution >= 4 is 25.1 Å². The lowest BCUT2D eigenvalue weighted by Crippen LogP contribution is -2.50. The summed E-state index contributed by atoms with van der Waals surface area (Å²) in [5.74, 6) is 1.61. The van der Waals surface area contributed by atoms with Crippen molar-refractivity contribution in [1.29, 1.82) is 0 Å². The van der Waals surface area contributed by atoms with E-state index in [1.807, 2.05) is 54.9 Å². The Balaban J connectivity index is 0.000000274. The van der Waals surface area contributed by atoms with E-state index in [9.17, 15) is 0 Å². The molecule has 0 aliphatic carbocycles. The standard InChI is InChI=1S/C28H28N4O2.C8H12N4O.ClH/c1-3-26-30-27(34-31-26)21-18-29-20-32(19-21)28(22-10-6-4-7-11-22,23-12-8-5-9-13-23)24-14-16-25(33-2)17-15-24;1-2-7-11-8(13-12-7)6-3-9-5-10-4-6;/h4-17,20-21H,3,18-19H2,1-2H3;5-6H,2-4H2,1H3,(H,9,10);1H/i3D2;2D2;. The molecule has 0 bridgehead atoms. The lowest BCUT2D eigenvalue weighted by atomic mass is 9.75. The van der Waals surface area contributed by atoms with Gasteiger partial charge in [0.05, 0.1) is 44.7 Å². The van der Waals surface area contributed by atoms with Crippen LogP contribution in [0.5, 0.6) is 5.75 Å². The maximum Gasteiger partial charge on any atom is 0.233 e. The maximum absolute atomic E-state index is 7.94. The molecule has 0 saturated carbocycles. The third-order valence-corrected chi connectivity index (χ3v) is 8.19. The molecule has 7 rings (SSSR count). The van der Waals surface area contributed by atoms with Crippen LogP contribution in [0.15, 0.2) is 104 Å². The fourth-order valence-electron chi connectivity index (χ4n) is 5.86. The quantitative estimate of drug-likeness (QED) is 0.193. The van der Waals surface area contributed by atoms with Crippen molar-refractivity contribution in [2.75, 3.05) is 33.3 Å². The van der Waals surface area contributed by atoms with Crippen molar-refractivity contribution < 1.29 is 19.3 Å². The minimum Gasteiger partial charge on any atom is -0.497 e. The van der Waals surface area contributed by atoms with Gasteiger partial charge in [-0.25, -0.2) is 0 Å². The molecule has 11 nitrogen and oxygen atoms in total. The Morgan fingerprint density at radius 3 is 1.83 bits per heavy atom. The van der Waals surface area contributed by atoms with Crippen LogP contribution in [0.3, 0.4) is 0 Å². The first-order chi connectivity index (χ1) is 24.5. The van der Waals surface area contributed by atoms with Crippen LogP contribution in [-0.2, 0) is 18.3 Å². The third-order valence-electron chi connectivity index (χ3n) is 8.19. The number of aliphatic imine (C=N–C) groups is 2. The monoisotopic (exact) mass is 672 g/mol. The number of hydrogen-bond acceptors (Lipinski definition) is 11. The Labute approximate surface area is 292 Å². The largest absolute Gasteiger partial charge is 0.497 e. The number of nitrogens with one attached hydrogen (secondary N) is 1. The van der Waals surface area contributed by atoms with Crippen LogP contribution < -0.4 is 10.1 Å². The minimum absolute atomic E-state index is 0. The van der Waals surface area contributed by atoms with Crippen LogP contribution >= 0.6 is 12.4 Å². The van der Waals surface area contributed by atoms with Gasteiger partial charge in [0.15, 0.2) is 11.6 Å². The van der Waals surface area contributed by atoms with Gasteiger partial charge in [-0.3, -0.25) is 9.98 Å². The van der Waals surface area contributed by atoms with Gasteiger partial charge in [0.25, 0.3) is 0 Å². The molecule has 48 heavy (non-hydrogen) atoms. The lowest BCUT2D eigenvalue weighted by Gasteiger charge is -2.46. The molecule has 2 atom stereocenters. The van der Waals surface area contributed by atoms with Gasteiger partial charge >= 0.3 is 0 Å². The molecule has 4 heterocycles. The van der Waals surface area contributed by atoms with Crippen molar-refractivity contribution in [1.82, 2.24) is 30.5 Å². The average Bonchev–Trinajstić information content (AvgIpc) is 3.86. The first kappa shape index (κ1) is 29.1. The molecule has 0 amide bonds. The Hall–Kier alpha value is -5.03. The Bertz CT molecular complexity index is 1890.